The molecule has 0 saturated heterocycles. The van der Waals surface area contributed by atoms with Crippen molar-refractivity contribution in [2.24, 2.45) is 28.9 Å². The molecule has 0 aliphatic heterocycles. The van der Waals surface area contributed by atoms with E-state index in [2.05, 4.69) is 58.2 Å². The molecule has 8 unspecified atom stereocenters. The third kappa shape index (κ3) is 23.0. The largest absolute Gasteiger partial charge is 0.480 e. The number of aliphatic hydroxyl groups excluding tert-OH is 2. The number of aromatic nitrogens is 1. The van der Waals surface area contributed by atoms with Crippen LogP contribution < -0.4 is 76.1 Å². The second kappa shape index (κ2) is 34.2. The molecule has 12 amide bonds. The number of carbonyl (C=O) groups is 13. The van der Waals surface area contributed by atoms with Gasteiger partial charge in [0.05, 0.1) is 51.7 Å². The lowest BCUT2D eigenvalue weighted by molar-refractivity contribution is -0.142. The van der Waals surface area contributed by atoms with Crippen LogP contribution in [-0.2, 0) is 75.2 Å². The maximum atomic E-state index is 13.9. The summed E-state index contributed by atoms with van der Waals surface area (Å²) >= 11 is 0. The van der Waals surface area contributed by atoms with Crippen LogP contribution in [0.25, 0.3) is 10.9 Å². The Labute approximate surface area is 469 Å². The van der Waals surface area contributed by atoms with Gasteiger partial charge in [0.2, 0.25) is 70.9 Å². The van der Waals surface area contributed by atoms with Gasteiger partial charge in [-0.25, -0.2) is 4.79 Å². The maximum absolute atomic E-state index is 13.9. The number of hydrogen-bond donors (Lipinski definition) is 18. The normalized spacial score (nSPS) is 13.9. The lowest BCUT2D eigenvalue weighted by atomic mass is 10.0. The first-order valence-electron chi connectivity index (χ1n) is 25.9. The summed E-state index contributed by atoms with van der Waals surface area (Å²) in [5, 5.41) is 52.9. The Hall–Kier alpha value is -9.07. The summed E-state index contributed by atoms with van der Waals surface area (Å²) in [6.07, 6.45) is 0.828. The Morgan fingerprint density at radius 1 is 0.524 bits per heavy atom. The summed E-state index contributed by atoms with van der Waals surface area (Å²) in [6.45, 7) is -0.923. The number of amides is 12. The number of rotatable bonds is 36. The van der Waals surface area contributed by atoms with Crippen LogP contribution in [0.1, 0.15) is 57.1 Å². The van der Waals surface area contributed by atoms with Gasteiger partial charge in [0.1, 0.15) is 42.3 Å². The monoisotopic (exact) mass is 1150 g/mol. The van der Waals surface area contributed by atoms with Gasteiger partial charge in [-0.1, -0.05) is 62.4 Å². The van der Waals surface area contributed by atoms with Crippen LogP contribution in [0.3, 0.4) is 0 Å². The van der Waals surface area contributed by atoms with Gasteiger partial charge in [-0.2, -0.15) is 0 Å². The second-order valence-electron chi connectivity index (χ2n) is 19.1. The highest BCUT2D eigenvalue weighted by Crippen LogP contribution is 2.19. The fraction of sp³-hybridized carbons (Fsp3) is 0.471. The van der Waals surface area contributed by atoms with Crippen molar-refractivity contribution in [3.05, 3.63) is 71.9 Å². The highest BCUT2D eigenvalue weighted by Gasteiger charge is 2.34. The van der Waals surface area contributed by atoms with E-state index < -0.39 is 177 Å². The molecule has 3 aromatic rings. The summed E-state index contributed by atoms with van der Waals surface area (Å²) in [7, 11) is 0. The number of nitrogens with one attached hydrogen (secondary N) is 11. The number of H-pyrrole nitrogens is 1. The number of aliphatic carboxylic acids is 1. The highest BCUT2D eigenvalue weighted by molar-refractivity contribution is 5.99. The van der Waals surface area contributed by atoms with Crippen molar-refractivity contribution in [1.82, 2.24) is 58.2 Å². The standard InChI is InChI=1S/C51H73N15O16/c1-26(2)43(50(80)59-21-40(71)57-22-41(72)60-32(51(81)82)14-8-9-15-52)66-48(78)33(16-27-10-4-3-5-11-27)62-46(76)34(18-38(54)69)61-42(73)23-58-45(75)36(24-67)65-47(77)35(19-39(55)70)63-49(79)37(25-68)64-44(74)30(53)17-28-20-56-31-13-7-6-12-29(28)31/h3-7,10-13,20,26,30,32-37,43,56,67-68H,8-9,14-19,21-25,52-53H2,1-2H3,(H2,54,69)(H2,55,70)(H,57,71)(H,58,75)(H,59,80)(H,60,72)(H,61,73)(H,62,76)(H,63,79)(H,64,74)(H,65,77)(H,66,78)(H,81,82). The zero-order chi connectivity index (χ0) is 61.1. The lowest BCUT2D eigenvalue weighted by Crippen LogP contribution is -2.60. The molecule has 3 rings (SSSR count). The first-order chi connectivity index (χ1) is 38.9. The van der Waals surface area contributed by atoms with Gasteiger partial charge in [0, 0.05) is 23.5 Å². The van der Waals surface area contributed by atoms with E-state index in [0.717, 1.165) is 10.9 Å². The molecule has 0 radical (unpaired) electrons. The van der Waals surface area contributed by atoms with Crippen LogP contribution in [-0.4, -0.2) is 185 Å². The average molecular weight is 1150 g/mol. The zero-order valence-electron chi connectivity index (χ0n) is 45.1. The third-order valence-corrected chi connectivity index (χ3v) is 12.2. The Balaban J connectivity index is 1.63. The number of hydrogen-bond acceptors (Lipinski definition) is 17. The molecule has 1 heterocycles. The molecule has 31 nitrogen and oxygen atoms in total. The fourth-order valence-corrected chi connectivity index (χ4v) is 7.83. The molecule has 0 fully saturated rings. The minimum atomic E-state index is -1.87. The average Bonchev–Trinajstić information content (AvgIpc) is 3.84. The van der Waals surface area contributed by atoms with E-state index >= 15 is 0 Å². The number of para-hydroxylation sites is 1. The van der Waals surface area contributed by atoms with Crippen molar-refractivity contribution < 1.29 is 77.6 Å². The summed E-state index contributed by atoms with van der Waals surface area (Å²) in [5.74, 6) is -14.3. The molecular formula is C51H73N15O16. The van der Waals surface area contributed by atoms with Crippen LogP contribution in [0.15, 0.2) is 60.8 Å². The van der Waals surface area contributed by atoms with Crippen LogP contribution >= 0.6 is 0 Å². The molecule has 1 aromatic heterocycles. The molecule has 8 atom stereocenters. The van der Waals surface area contributed by atoms with Crippen molar-refractivity contribution in [2.75, 3.05) is 39.4 Å². The lowest BCUT2D eigenvalue weighted by Gasteiger charge is -2.27. The number of aliphatic hydroxyl groups is 2. The van der Waals surface area contributed by atoms with E-state index in [0.29, 0.717) is 30.5 Å². The SMILES string of the molecule is CC(C)C(NC(=O)C(Cc1ccccc1)NC(=O)C(CC(N)=O)NC(=O)CNC(=O)C(CO)NC(=O)C(CC(N)=O)NC(=O)C(CO)NC(=O)C(N)Cc1c[nH]c2ccccc12)C(=O)NCC(=O)NCC(=O)NC(CCCCN)C(=O)O. The van der Waals surface area contributed by atoms with Crippen LogP contribution in [0.4, 0.5) is 0 Å². The van der Waals surface area contributed by atoms with E-state index in [-0.39, 0.29) is 19.3 Å². The molecule has 0 bridgehead atoms. The number of carboxylic acid groups (broad SMARTS) is 1. The third-order valence-electron chi connectivity index (χ3n) is 12.2. The topological polar surface area (TPSA) is 523 Å². The number of primary amides is 2. The molecule has 31 heteroatoms. The molecule has 0 saturated carbocycles. The van der Waals surface area contributed by atoms with Gasteiger partial charge in [-0.3, -0.25) is 57.5 Å². The summed E-state index contributed by atoms with van der Waals surface area (Å²) in [6, 6.07) is 2.92. The number of aromatic amines is 1. The maximum Gasteiger partial charge on any atom is 0.326 e. The van der Waals surface area contributed by atoms with Gasteiger partial charge in [-0.05, 0) is 55.3 Å². The minimum Gasteiger partial charge on any atom is -0.480 e. The number of carbonyl (C=O) groups excluding carboxylic acids is 12. The number of benzene rings is 2. The fourth-order valence-electron chi connectivity index (χ4n) is 7.83. The minimum absolute atomic E-state index is 0.0254. The van der Waals surface area contributed by atoms with Crippen LogP contribution in [0, 0.1) is 5.92 Å². The molecule has 0 aliphatic rings. The van der Waals surface area contributed by atoms with Gasteiger partial charge in [0.15, 0.2) is 0 Å². The Morgan fingerprint density at radius 2 is 1.01 bits per heavy atom. The van der Waals surface area contributed by atoms with Crippen molar-refractivity contribution in [3.63, 3.8) is 0 Å². The molecule has 0 spiro atoms. The first-order valence-corrected chi connectivity index (χ1v) is 25.9. The van der Waals surface area contributed by atoms with Crippen molar-refractivity contribution >= 4 is 87.8 Å². The van der Waals surface area contributed by atoms with Gasteiger partial charge < -0.3 is 96.4 Å². The smallest absolute Gasteiger partial charge is 0.326 e. The summed E-state index contributed by atoms with van der Waals surface area (Å²) < 4.78 is 0. The zero-order valence-corrected chi connectivity index (χ0v) is 45.1. The number of unbranched alkanes of at least 4 members (excludes halogenated alkanes) is 1. The van der Waals surface area contributed by atoms with Gasteiger partial charge in [0.25, 0.3) is 0 Å². The number of carboxylic acids is 1. The predicted molar refractivity (Wildman–Crippen MR) is 290 cm³/mol. The van der Waals surface area contributed by atoms with Crippen molar-refractivity contribution in [3.8, 4) is 0 Å². The highest BCUT2D eigenvalue weighted by atomic mass is 16.4. The quantitative estimate of drug-likeness (QED) is 0.0241. The Kier molecular flexibility index (Phi) is 28.0. The predicted octanol–water partition coefficient (Wildman–Crippen LogP) is -7.37. The molecule has 448 valence electrons. The Bertz CT molecular complexity index is 2740. The molecule has 22 N–H and O–H groups in total. The van der Waals surface area contributed by atoms with E-state index in [1.807, 2.05) is 12.1 Å². The van der Waals surface area contributed by atoms with E-state index in [1.54, 1.807) is 62.5 Å². The van der Waals surface area contributed by atoms with Crippen molar-refractivity contribution in [2.45, 2.75) is 107 Å². The second-order valence-corrected chi connectivity index (χ2v) is 19.1. The van der Waals surface area contributed by atoms with Crippen LogP contribution in [0.5, 0.6) is 0 Å². The van der Waals surface area contributed by atoms with Gasteiger partial charge >= 0.3 is 5.97 Å². The molecule has 2 aromatic carbocycles. The molecular weight excluding hydrogens is 1080 g/mol. The van der Waals surface area contributed by atoms with E-state index in [9.17, 15) is 77.6 Å². The summed E-state index contributed by atoms with van der Waals surface area (Å²) in [5.41, 5.74) is 24.2. The van der Waals surface area contributed by atoms with Crippen molar-refractivity contribution in [1.29, 1.82) is 0 Å². The first kappa shape index (κ1) is 67.2. The molecule has 0 aliphatic carbocycles. The van der Waals surface area contributed by atoms with Gasteiger partial charge in [-0.15, -0.1) is 0 Å². The van der Waals surface area contributed by atoms with E-state index in [1.165, 1.54) is 0 Å². The molecule has 82 heavy (non-hydrogen) atoms. The Morgan fingerprint density at radius 3 is 1.60 bits per heavy atom. The van der Waals surface area contributed by atoms with Crippen LogP contribution in [0.2, 0.25) is 0 Å². The van der Waals surface area contributed by atoms with E-state index in [4.69, 9.17) is 22.9 Å². The summed E-state index contributed by atoms with van der Waals surface area (Å²) in [4.78, 5) is 171. The number of nitrogens with two attached hydrogens (primary N) is 4. The number of fused-ring (bicyclic) bond motifs is 1.